The molecule has 2 N–H and O–H groups in total. The van der Waals surface area contributed by atoms with Crippen LogP contribution in [-0.4, -0.2) is 41.0 Å². The van der Waals surface area contributed by atoms with E-state index in [0.717, 1.165) is 38.5 Å². The van der Waals surface area contributed by atoms with E-state index in [0.29, 0.717) is 19.3 Å². The normalized spacial score (nSPS) is 13.4. The number of ether oxygens (including phenoxy) is 2. The fourth-order valence-corrected chi connectivity index (χ4v) is 4.82. The maximum Gasteiger partial charge on any atom is 0.469 e. The Kier molecular flexibility index (Phi) is 31.6. The van der Waals surface area contributed by atoms with Crippen molar-refractivity contribution >= 4 is 19.8 Å². The number of carbonyl (C=O) groups is 2. The van der Waals surface area contributed by atoms with Crippen molar-refractivity contribution in [3.63, 3.8) is 0 Å². The Morgan fingerprint density at radius 1 is 0.574 bits per heavy atom. The van der Waals surface area contributed by atoms with Gasteiger partial charge in [-0.2, -0.15) is 0 Å². The highest BCUT2D eigenvalue weighted by Gasteiger charge is 2.22. The molecule has 0 aromatic heterocycles. The van der Waals surface area contributed by atoms with E-state index in [1.165, 1.54) is 51.4 Å². The summed E-state index contributed by atoms with van der Waals surface area (Å²) in [5.74, 6) is -0.989. The molecule has 0 aromatic rings. The molecule has 1 unspecified atom stereocenters. The molecule has 0 rings (SSSR count). The topological polar surface area (TPSA) is 119 Å². The van der Waals surface area contributed by atoms with E-state index >= 15 is 0 Å². The number of hydrogen-bond acceptors (Lipinski definition) is 6. The third kappa shape index (κ3) is 36.2. The monoisotopic (exact) mass is 678 g/mol. The second-order valence-corrected chi connectivity index (χ2v) is 12.8. The van der Waals surface area contributed by atoms with Gasteiger partial charge in [0.15, 0.2) is 6.10 Å². The molecule has 0 aliphatic carbocycles. The van der Waals surface area contributed by atoms with Crippen molar-refractivity contribution in [2.75, 3.05) is 13.2 Å². The smallest absolute Gasteiger partial charge is 0.462 e. The predicted molar refractivity (Wildman–Crippen MR) is 193 cm³/mol. The Bertz CT molecular complexity index is 990. The van der Waals surface area contributed by atoms with Gasteiger partial charge in [-0.3, -0.25) is 14.1 Å². The molecule has 1 atom stereocenters. The molecule has 0 aliphatic heterocycles. The Hall–Kier alpha value is -2.51. The highest BCUT2D eigenvalue weighted by atomic mass is 31.2. The number of unbranched alkanes of at least 4 members (excludes halogenated alkanes) is 13. The number of phosphoric ester groups is 1. The SMILES string of the molecule is CC/C=C/C=C/C=C/C=C/C=C/CCCC(=O)OC(COC(=O)CCCCCCC/C=C/CCCCCCCCC)COP(=O)(O)O. The molecule has 9 heteroatoms. The highest BCUT2D eigenvalue weighted by Crippen LogP contribution is 2.35. The van der Waals surface area contributed by atoms with Crippen molar-refractivity contribution in [2.45, 2.75) is 142 Å². The quantitative estimate of drug-likeness (QED) is 0.0244. The lowest BCUT2D eigenvalue weighted by atomic mass is 10.1. The van der Waals surface area contributed by atoms with Crippen LogP contribution in [0.1, 0.15) is 136 Å². The molecule has 0 saturated heterocycles. The zero-order chi connectivity index (χ0) is 34.7. The van der Waals surface area contributed by atoms with Crippen LogP contribution in [0.25, 0.3) is 0 Å². The van der Waals surface area contributed by atoms with Gasteiger partial charge in [0.05, 0.1) is 6.61 Å². The first-order valence-electron chi connectivity index (χ1n) is 17.8. The van der Waals surface area contributed by atoms with E-state index < -0.39 is 32.5 Å². The minimum atomic E-state index is -4.77. The van der Waals surface area contributed by atoms with Gasteiger partial charge in [0, 0.05) is 12.8 Å². The molecule has 47 heavy (non-hydrogen) atoms. The van der Waals surface area contributed by atoms with Crippen molar-refractivity contribution in [3.05, 3.63) is 72.9 Å². The van der Waals surface area contributed by atoms with Crippen LogP contribution in [0.4, 0.5) is 0 Å². The van der Waals surface area contributed by atoms with Gasteiger partial charge in [-0.05, 0) is 51.4 Å². The fourth-order valence-electron chi connectivity index (χ4n) is 4.45. The van der Waals surface area contributed by atoms with E-state index in [4.69, 9.17) is 19.3 Å². The summed E-state index contributed by atoms with van der Waals surface area (Å²) in [4.78, 5) is 42.6. The third-order valence-electron chi connectivity index (χ3n) is 7.09. The minimum Gasteiger partial charge on any atom is -0.462 e. The van der Waals surface area contributed by atoms with Gasteiger partial charge in [-0.15, -0.1) is 0 Å². The van der Waals surface area contributed by atoms with E-state index in [1.54, 1.807) is 0 Å². The van der Waals surface area contributed by atoms with Crippen LogP contribution in [0.15, 0.2) is 72.9 Å². The number of rotatable bonds is 31. The highest BCUT2D eigenvalue weighted by molar-refractivity contribution is 7.46. The average molecular weight is 679 g/mol. The molecule has 0 spiro atoms. The van der Waals surface area contributed by atoms with Gasteiger partial charge in [0.25, 0.3) is 0 Å². The Morgan fingerprint density at radius 2 is 1.06 bits per heavy atom. The third-order valence-corrected chi connectivity index (χ3v) is 7.57. The van der Waals surface area contributed by atoms with Crippen molar-refractivity contribution in [3.8, 4) is 0 Å². The van der Waals surface area contributed by atoms with Gasteiger partial charge in [0.2, 0.25) is 0 Å². The molecule has 0 aromatic carbocycles. The molecule has 0 fully saturated rings. The van der Waals surface area contributed by atoms with E-state index in [2.05, 4.69) is 36.6 Å². The summed E-state index contributed by atoms with van der Waals surface area (Å²) in [6, 6.07) is 0. The lowest BCUT2D eigenvalue weighted by molar-refractivity contribution is -0.161. The summed E-state index contributed by atoms with van der Waals surface area (Å²) in [7, 11) is -4.77. The number of hydrogen-bond donors (Lipinski definition) is 2. The molecule has 0 aliphatic rings. The van der Waals surface area contributed by atoms with Gasteiger partial charge in [0.1, 0.15) is 6.61 Å². The van der Waals surface area contributed by atoms with Crippen LogP contribution in [0.2, 0.25) is 0 Å². The first-order valence-corrected chi connectivity index (χ1v) is 19.3. The second-order valence-electron chi connectivity index (χ2n) is 11.6. The maximum atomic E-state index is 12.3. The van der Waals surface area contributed by atoms with Gasteiger partial charge >= 0.3 is 19.8 Å². The predicted octanol–water partition coefficient (Wildman–Crippen LogP) is 10.3. The molecule has 0 radical (unpaired) electrons. The second kappa shape index (κ2) is 33.4. The fraction of sp³-hybridized carbons (Fsp3) is 0.632. The summed E-state index contributed by atoms with van der Waals surface area (Å²) in [6.07, 6.45) is 42.1. The van der Waals surface area contributed by atoms with Crippen LogP contribution >= 0.6 is 7.82 Å². The minimum absolute atomic E-state index is 0.110. The Balaban J connectivity index is 4.12. The molecule has 0 saturated carbocycles. The molecular formula is C38H63O8P. The first kappa shape index (κ1) is 44.5. The molecule has 0 bridgehead atoms. The average Bonchev–Trinajstić information content (AvgIpc) is 3.03. The zero-order valence-corrected chi connectivity index (χ0v) is 30.0. The van der Waals surface area contributed by atoms with Crippen molar-refractivity contribution in [1.29, 1.82) is 0 Å². The lowest BCUT2D eigenvalue weighted by Crippen LogP contribution is -2.29. The van der Waals surface area contributed by atoms with Gasteiger partial charge < -0.3 is 19.3 Å². The zero-order valence-electron chi connectivity index (χ0n) is 29.1. The van der Waals surface area contributed by atoms with Crippen molar-refractivity contribution < 1.29 is 37.9 Å². The van der Waals surface area contributed by atoms with Gasteiger partial charge in [-0.1, -0.05) is 145 Å². The lowest BCUT2D eigenvalue weighted by Gasteiger charge is -2.18. The molecular weight excluding hydrogens is 615 g/mol. The summed E-state index contributed by atoms with van der Waals surface area (Å²) in [5, 5.41) is 0. The molecule has 0 amide bonds. The molecule has 268 valence electrons. The summed E-state index contributed by atoms with van der Waals surface area (Å²) >= 11 is 0. The molecule has 0 heterocycles. The largest absolute Gasteiger partial charge is 0.469 e. The maximum absolute atomic E-state index is 12.3. The standard InChI is InChI=1S/C38H63O8P/c1-3-5-7-9-11-13-15-17-18-19-21-22-24-26-28-30-32-37(39)44-34-36(35-45-47(41,42)43)46-38(40)33-31-29-27-25-23-20-16-14-12-10-8-6-4-2/h6,8,10,12,14,16,18-20,23,25,27,36H,3-5,7,9,11,13,15,17,21-22,24,26,28-35H2,1-2H3,(H2,41,42,43)/b8-6+,12-10+,16-14+,19-18+,23-20+,27-25+. The van der Waals surface area contributed by atoms with E-state index in [1.807, 2.05) is 54.7 Å². The van der Waals surface area contributed by atoms with Crippen LogP contribution in [0, 0.1) is 0 Å². The van der Waals surface area contributed by atoms with Gasteiger partial charge in [-0.25, -0.2) is 4.57 Å². The van der Waals surface area contributed by atoms with E-state index in [9.17, 15) is 14.2 Å². The summed E-state index contributed by atoms with van der Waals surface area (Å²) in [6.45, 7) is 3.44. The van der Waals surface area contributed by atoms with Crippen LogP contribution in [-0.2, 0) is 28.2 Å². The Labute approximate surface area is 285 Å². The van der Waals surface area contributed by atoms with E-state index in [-0.39, 0.29) is 19.4 Å². The molecule has 8 nitrogen and oxygen atoms in total. The number of carbonyl (C=O) groups excluding carboxylic acids is 2. The number of phosphoric acid groups is 1. The van der Waals surface area contributed by atoms with Crippen LogP contribution in [0.3, 0.4) is 0 Å². The first-order chi connectivity index (χ1) is 22.8. The summed E-state index contributed by atoms with van der Waals surface area (Å²) in [5.41, 5.74) is 0. The van der Waals surface area contributed by atoms with Crippen molar-refractivity contribution in [1.82, 2.24) is 0 Å². The number of allylic oxidation sites excluding steroid dienone is 12. The Morgan fingerprint density at radius 3 is 1.64 bits per heavy atom. The van der Waals surface area contributed by atoms with Crippen LogP contribution < -0.4 is 0 Å². The van der Waals surface area contributed by atoms with Crippen molar-refractivity contribution in [2.24, 2.45) is 0 Å². The summed E-state index contributed by atoms with van der Waals surface area (Å²) < 4.78 is 26.2. The van der Waals surface area contributed by atoms with Crippen LogP contribution in [0.5, 0.6) is 0 Å². The number of esters is 2.